The fourth-order valence-corrected chi connectivity index (χ4v) is 2.93. The van der Waals surface area contributed by atoms with E-state index in [-0.39, 0.29) is 12.0 Å². The normalized spacial score (nSPS) is 23.6. The zero-order valence-electron chi connectivity index (χ0n) is 12.5. The van der Waals surface area contributed by atoms with Gasteiger partial charge in [0.25, 0.3) is 0 Å². The molecule has 1 atom stereocenters. The van der Waals surface area contributed by atoms with Crippen molar-refractivity contribution in [2.45, 2.75) is 51.6 Å². The van der Waals surface area contributed by atoms with Crippen molar-refractivity contribution in [1.29, 1.82) is 0 Å². The van der Waals surface area contributed by atoms with E-state index in [9.17, 15) is 4.79 Å². The second-order valence-corrected chi connectivity index (χ2v) is 6.40. The first-order valence-electron chi connectivity index (χ1n) is 7.66. The first-order chi connectivity index (χ1) is 9.10. The maximum absolute atomic E-state index is 11.8. The van der Waals surface area contributed by atoms with Crippen molar-refractivity contribution >= 4 is 5.97 Å². The average Bonchev–Trinajstić information content (AvgIpc) is 3.21. The lowest BCUT2D eigenvalue weighted by molar-refractivity contribution is -0.143. The lowest BCUT2D eigenvalue weighted by Gasteiger charge is -2.35. The molecular weight excluding hydrogens is 240 g/mol. The molecule has 1 N–H and O–H groups in total. The molecule has 4 nitrogen and oxygen atoms in total. The van der Waals surface area contributed by atoms with E-state index in [4.69, 9.17) is 4.74 Å². The largest absolute Gasteiger partial charge is 0.468 e. The van der Waals surface area contributed by atoms with Gasteiger partial charge in [-0.25, -0.2) is 0 Å². The zero-order valence-corrected chi connectivity index (χ0v) is 12.5. The molecule has 2 aliphatic rings. The van der Waals surface area contributed by atoms with Crippen LogP contribution in [-0.2, 0) is 9.53 Å². The Morgan fingerprint density at radius 1 is 1.26 bits per heavy atom. The summed E-state index contributed by atoms with van der Waals surface area (Å²) < 4.78 is 4.91. The Kier molecular flexibility index (Phi) is 5.22. The van der Waals surface area contributed by atoms with Crippen LogP contribution in [0.4, 0.5) is 0 Å². The number of hydrogen-bond acceptors (Lipinski definition) is 4. The molecule has 1 heterocycles. The summed E-state index contributed by atoms with van der Waals surface area (Å²) in [6, 6.07) is 0.394. The Morgan fingerprint density at radius 3 is 2.37 bits per heavy atom. The summed E-state index contributed by atoms with van der Waals surface area (Å²) in [7, 11) is 1.48. The number of esters is 1. The van der Waals surface area contributed by atoms with E-state index in [1.807, 2.05) is 0 Å². The molecule has 4 heteroatoms. The highest BCUT2D eigenvalue weighted by molar-refractivity contribution is 5.76. The number of piperidine rings is 1. The first-order valence-corrected chi connectivity index (χ1v) is 7.66. The predicted octanol–water partition coefficient (Wildman–Crippen LogP) is 1.65. The number of nitrogens with one attached hydrogen (secondary N) is 1. The monoisotopic (exact) mass is 268 g/mol. The van der Waals surface area contributed by atoms with E-state index in [1.54, 1.807) is 0 Å². The molecular formula is C15H28N2O2. The summed E-state index contributed by atoms with van der Waals surface area (Å²) in [5.74, 6) is 1.52. The van der Waals surface area contributed by atoms with Gasteiger partial charge < -0.3 is 15.0 Å². The average molecular weight is 268 g/mol. The third kappa shape index (κ3) is 4.46. The van der Waals surface area contributed by atoms with Crippen molar-refractivity contribution in [2.75, 3.05) is 26.7 Å². The Labute approximate surface area is 116 Å². The summed E-state index contributed by atoms with van der Waals surface area (Å²) in [5.41, 5.74) is 0. The molecule has 1 saturated heterocycles. The van der Waals surface area contributed by atoms with Crippen LogP contribution in [0.15, 0.2) is 0 Å². The highest BCUT2D eigenvalue weighted by Gasteiger charge is 2.31. The molecule has 1 saturated carbocycles. The number of carbonyl (C=O) groups excluding carboxylic acids is 1. The van der Waals surface area contributed by atoms with Crippen LogP contribution in [0.1, 0.15) is 39.5 Å². The van der Waals surface area contributed by atoms with Crippen molar-refractivity contribution in [3.05, 3.63) is 0 Å². The zero-order chi connectivity index (χ0) is 13.8. The van der Waals surface area contributed by atoms with Gasteiger partial charge in [-0.15, -0.1) is 0 Å². The molecule has 1 unspecified atom stereocenters. The van der Waals surface area contributed by atoms with Crippen LogP contribution < -0.4 is 5.32 Å². The Morgan fingerprint density at radius 2 is 1.89 bits per heavy atom. The van der Waals surface area contributed by atoms with Crippen LogP contribution in [0.3, 0.4) is 0 Å². The summed E-state index contributed by atoms with van der Waals surface area (Å²) >= 11 is 0. The van der Waals surface area contributed by atoms with Crippen molar-refractivity contribution in [3.63, 3.8) is 0 Å². The van der Waals surface area contributed by atoms with Crippen molar-refractivity contribution < 1.29 is 9.53 Å². The highest BCUT2D eigenvalue weighted by Crippen LogP contribution is 2.25. The summed E-state index contributed by atoms with van der Waals surface area (Å²) in [6.45, 7) is 7.65. The SMILES string of the molecule is COC(=O)C(CN1CCC(C(C)C)CC1)NC1CC1. The lowest BCUT2D eigenvalue weighted by Crippen LogP contribution is -2.49. The van der Waals surface area contributed by atoms with E-state index in [2.05, 4.69) is 24.1 Å². The number of ether oxygens (including phenoxy) is 1. The third-order valence-corrected chi connectivity index (χ3v) is 4.52. The van der Waals surface area contributed by atoms with Crippen LogP contribution in [0.25, 0.3) is 0 Å². The predicted molar refractivity (Wildman–Crippen MR) is 76.0 cm³/mol. The van der Waals surface area contributed by atoms with Gasteiger partial charge in [0.1, 0.15) is 6.04 Å². The number of rotatable bonds is 6. The maximum atomic E-state index is 11.8. The minimum absolute atomic E-state index is 0.113. The molecule has 110 valence electrons. The smallest absolute Gasteiger partial charge is 0.324 e. The van der Waals surface area contributed by atoms with E-state index < -0.39 is 0 Å². The molecule has 0 aromatic rings. The fraction of sp³-hybridized carbons (Fsp3) is 0.933. The molecule has 1 aliphatic carbocycles. The van der Waals surface area contributed by atoms with E-state index in [0.717, 1.165) is 31.5 Å². The van der Waals surface area contributed by atoms with Gasteiger partial charge in [-0.1, -0.05) is 13.8 Å². The number of nitrogens with zero attached hydrogens (tertiary/aromatic N) is 1. The van der Waals surface area contributed by atoms with Gasteiger partial charge in [0.15, 0.2) is 0 Å². The van der Waals surface area contributed by atoms with E-state index in [1.165, 1.54) is 32.8 Å². The van der Waals surface area contributed by atoms with Gasteiger partial charge in [0.05, 0.1) is 7.11 Å². The number of hydrogen-bond donors (Lipinski definition) is 1. The molecule has 0 aromatic heterocycles. The van der Waals surface area contributed by atoms with Gasteiger partial charge >= 0.3 is 5.97 Å². The first kappa shape index (κ1) is 14.8. The molecule has 19 heavy (non-hydrogen) atoms. The molecule has 0 amide bonds. The summed E-state index contributed by atoms with van der Waals surface area (Å²) in [5, 5.41) is 3.41. The minimum Gasteiger partial charge on any atom is -0.468 e. The fourth-order valence-electron chi connectivity index (χ4n) is 2.93. The van der Waals surface area contributed by atoms with Crippen molar-refractivity contribution in [2.24, 2.45) is 11.8 Å². The van der Waals surface area contributed by atoms with E-state index in [0.29, 0.717) is 6.04 Å². The van der Waals surface area contributed by atoms with Gasteiger partial charge in [-0.05, 0) is 50.6 Å². The maximum Gasteiger partial charge on any atom is 0.324 e. The number of carbonyl (C=O) groups is 1. The van der Waals surface area contributed by atoms with Gasteiger partial charge in [-0.2, -0.15) is 0 Å². The summed E-state index contributed by atoms with van der Waals surface area (Å²) in [6.07, 6.45) is 4.91. The van der Waals surface area contributed by atoms with Crippen molar-refractivity contribution in [3.8, 4) is 0 Å². The van der Waals surface area contributed by atoms with Crippen LogP contribution in [-0.4, -0.2) is 49.7 Å². The Balaban J connectivity index is 1.79. The Hall–Kier alpha value is -0.610. The van der Waals surface area contributed by atoms with Crippen LogP contribution in [0.5, 0.6) is 0 Å². The second-order valence-electron chi connectivity index (χ2n) is 6.40. The van der Waals surface area contributed by atoms with Crippen LogP contribution >= 0.6 is 0 Å². The molecule has 2 rings (SSSR count). The minimum atomic E-state index is -0.145. The molecule has 0 aromatic carbocycles. The Bertz CT molecular complexity index is 295. The quantitative estimate of drug-likeness (QED) is 0.744. The van der Waals surface area contributed by atoms with E-state index >= 15 is 0 Å². The lowest BCUT2D eigenvalue weighted by atomic mass is 9.86. The van der Waals surface area contributed by atoms with Crippen molar-refractivity contribution in [1.82, 2.24) is 10.2 Å². The van der Waals surface area contributed by atoms with Crippen LogP contribution in [0, 0.1) is 11.8 Å². The number of methoxy groups -OCH3 is 1. The van der Waals surface area contributed by atoms with Gasteiger partial charge in [0.2, 0.25) is 0 Å². The number of likely N-dealkylation sites (tertiary alicyclic amines) is 1. The molecule has 2 fully saturated rings. The molecule has 0 radical (unpaired) electrons. The highest BCUT2D eigenvalue weighted by atomic mass is 16.5. The molecule has 0 bridgehead atoms. The van der Waals surface area contributed by atoms with Gasteiger partial charge in [0, 0.05) is 12.6 Å². The third-order valence-electron chi connectivity index (χ3n) is 4.52. The molecule has 1 aliphatic heterocycles. The molecule has 0 spiro atoms. The standard InChI is InChI=1S/C15H28N2O2/c1-11(2)12-6-8-17(9-7-12)10-14(15(18)19-3)16-13-4-5-13/h11-14,16H,4-10H2,1-3H3. The van der Waals surface area contributed by atoms with Gasteiger partial charge in [-0.3, -0.25) is 4.79 Å². The summed E-state index contributed by atoms with van der Waals surface area (Å²) in [4.78, 5) is 14.2. The topological polar surface area (TPSA) is 41.6 Å². The second kappa shape index (κ2) is 6.71. The van der Waals surface area contributed by atoms with Crippen LogP contribution in [0.2, 0.25) is 0 Å².